The van der Waals surface area contributed by atoms with Crippen LogP contribution in [0.2, 0.25) is 0 Å². The fourth-order valence-electron chi connectivity index (χ4n) is 6.03. The van der Waals surface area contributed by atoms with Gasteiger partial charge in [-0.1, -0.05) is 36.4 Å². The molecule has 240 valence electrons. The number of hydrogen-bond donors (Lipinski definition) is 1. The Bertz CT molecular complexity index is 1840. The maximum atomic E-state index is 14.2. The summed E-state index contributed by atoms with van der Waals surface area (Å²) in [6.07, 6.45) is 0.698. The number of nitrogens with zero attached hydrogens (tertiary/aromatic N) is 3. The summed E-state index contributed by atoms with van der Waals surface area (Å²) in [5.74, 6) is -1.68. The maximum Gasteiger partial charge on any atom is 0.267 e. The molecule has 0 saturated carbocycles. The van der Waals surface area contributed by atoms with E-state index in [-0.39, 0.29) is 17.7 Å². The van der Waals surface area contributed by atoms with Crippen LogP contribution in [0.4, 0.5) is 25.8 Å². The summed E-state index contributed by atoms with van der Waals surface area (Å²) in [6, 6.07) is 23.4. The molecule has 0 spiro atoms. The van der Waals surface area contributed by atoms with Crippen molar-refractivity contribution in [3.63, 3.8) is 0 Å². The van der Waals surface area contributed by atoms with Crippen molar-refractivity contribution in [2.75, 3.05) is 47.2 Å². The molecule has 2 aliphatic rings. The van der Waals surface area contributed by atoms with Gasteiger partial charge in [-0.05, 0) is 79.9 Å². The smallest absolute Gasteiger partial charge is 0.267 e. The van der Waals surface area contributed by atoms with Gasteiger partial charge in [0.15, 0.2) is 4.90 Å². The maximum absolute atomic E-state index is 14.2. The molecule has 4 aromatic rings. The second kappa shape index (κ2) is 13.1. The Morgan fingerprint density at radius 3 is 2.30 bits per heavy atom. The van der Waals surface area contributed by atoms with Crippen LogP contribution in [0.1, 0.15) is 35.3 Å². The average molecular weight is 647 g/mol. The minimum absolute atomic E-state index is 0.0952. The molecule has 1 saturated heterocycles. The minimum atomic E-state index is -4.55. The molecule has 0 radical (unpaired) electrons. The van der Waals surface area contributed by atoms with Crippen molar-refractivity contribution in [1.29, 1.82) is 0 Å². The first-order valence-corrected chi connectivity index (χ1v) is 16.8. The largest absolute Gasteiger partial charge is 0.489 e. The number of ether oxygens (including phenoxy) is 1. The van der Waals surface area contributed by atoms with E-state index in [1.807, 2.05) is 50.2 Å². The molecule has 8 nitrogen and oxygen atoms in total. The molecule has 0 unspecified atom stereocenters. The fraction of sp³-hybridized carbons (Fsp3) is 0.286. The molecule has 1 N–H and O–H groups in total. The Morgan fingerprint density at radius 2 is 1.57 bits per heavy atom. The highest BCUT2D eigenvalue weighted by Crippen LogP contribution is 2.34. The second-order valence-corrected chi connectivity index (χ2v) is 13.4. The number of amides is 1. The Balaban J connectivity index is 1.12. The molecule has 2 heterocycles. The van der Waals surface area contributed by atoms with E-state index in [2.05, 4.69) is 20.6 Å². The van der Waals surface area contributed by atoms with E-state index < -0.39 is 26.6 Å². The number of hydrogen-bond acceptors (Lipinski definition) is 6. The first-order chi connectivity index (χ1) is 22.1. The lowest BCUT2D eigenvalue weighted by molar-refractivity contribution is 0.0989. The molecule has 0 aliphatic carbocycles. The zero-order chi connectivity index (χ0) is 32.4. The van der Waals surface area contributed by atoms with E-state index in [9.17, 15) is 22.0 Å². The van der Waals surface area contributed by atoms with Crippen molar-refractivity contribution < 1.29 is 26.7 Å². The summed E-state index contributed by atoms with van der Waals surface area (Å²) < 4.78 is 62.4. The van der Waals surface area contributed by atoms with E-state index in [1.165, 1.54) is 12.1 Å². The minimum Gasteiger partial charge on any atom is -0.489 e. The van der Waals surface area contributed by atoms with Crippen LogP contribution in [-0.4, -0.2) is 58.1 Å². The summed E-state index contributed by atoms with van der Waals surface area (Å²) in [5.41, 5.74) is 4.20. The van der Waals surface area contributed by atoms with Gasteiger partial charge in [-0.2, -0.15) is 0 Å². The molecule has 6 rings (SSSR count). The fourth-order valence-corrected chi connectivity index (χ4v) is 7.22. The van der Waals surface area contributed by atoms with Gasteiger partial charge >= 0.3 is 0 Å². The SMILES string of the molecule is CC(C)Oc1ccccc1N1CCN(Cc2cccc(C(=O)N3CCc4ccc(NS(=O)(=O)c5c(F)cccc5F)cc43)c2)CC1. The molecular formula is C35H36F2N4O4S. The number of nitrogens with one attached hydrogen (secondary N) is 1. The molecule has 46 heavy (non-hydrogen) atoms. The molecule has 4 aromatic carbocycles. The van der Waals surface area contributed by atoms with Crippen LogP contribution in [0, 0.1) is 11.6 Å². The monoisotopic (exact) mass is 646 g/mol. The average Bonchev–Trinajstić information content (AvgIpc) is 3.44. The van der Waals surface area contributed by atoms with E-state index in [4.69, 9.17) is 4.74 Å². The quantitative estimate of drug-likeness (QED) is 0.238. The van der Waals surface area contributed by atoms with Gasteiger partial charge in [0, 0.05) is 50.5 Å². The van der Waals surface area contributed by atoms with E-state index >= 15 is 0 Å². The van der Waals surface area contributed by atoms with Gasteiger partial charge < -0.3 is 14.5 Å². The lowest BCUT2D eigenvalue weighted by Gasteiger charge is -2.37. The Labute approximate surface area is 268 Å². The van der Waals surface area contributed by atoms with Gasteiger partial charge in [0.05, 0.1) is 17.5 Å². The number of para-hydroxylation sites is 2. The summed E-state index contributed by atoms with van der Waals surface area (Å²) >= 11 is 0. The first-order valence-electron chi connectivity index (χ1n) is 15.3. The number of carbonyl (C=O) groups is 1. The molecular weight excluding hydrogens is 610 g/mol. The molecule has 11 heteroatoms. The number of carbonyl (C=O) groups excluding carboxylic acids is 1. The summed E-state index contributed by atoms with van der Waals surface area (Å²) in [7, 11) is -4.55. The first kappa shape index (κ1) is 31.5. The molecule has 1 fully saturated rings. The van der Waals surface area contributed by atoms with Crippen LogP contribution < -0.4 is 19.3 Å². The zero-order valence-electron chi connectivity index (χ0n) is 25.7. The predicted octanol–water partition coefficient (Wildman–Crippen LogP) is 6.08. The van der Waals surface area contributed by atoms with E-state index in [0.29, 0.717) is 30.8 Å². The van der Waals surface area contributed by atoms with E-state index in [1.54, 1.807) is 17.0 Å². The number of rotatable bonds is 9. The van der Waals surface area contributed by atoms with Crippen molar-refractivity contribution in [3.05, 3.63) is 113 Å². The highest BCUT2D eigenvalue weighted by molar-refractivity contribution is 7.92. The Hall–Kier alpha value is -4.48. The van der Waals surface area contributed by atoms with Gasteiger partial charge in [-0.25, -0.2) is 17.2 Å². The Morgan fingerprint density at radius 1 is 0.848 bits per heavy atom. The lowest BCUT2D eigenvalue weighted by Crippen LogP contribution is -2.46. The van der Waals surface area contributed by atoms with Crippen LogP contribution in [0.25, 0.3) is 0 Å². The normalized spacial score (nSPS) is 15.2. The number of fused-ring (bicyclic) bond motifs is 1. The number of halogens is 2. The number of piperazine rings is 1. The number of anilines is 3. The molecule has 0 bridgehead atoms. The summed E-state index contributed by atoms with van der Waals surface area (Å²) in [6.45, 7) is 8.63. The molecule has 0 aromatic heterocycles. The van der Waals surface area contributed by atoms with Crippen LogP contribution >= 0.6 is 0 Å². The molecule has 0 atom stereocenters. The van der Waals surface area contributed by atoms with Crippen molar-refractivity contribution in [3.8, 4) is 5.75 Å². The predicted molar refractivity (Wildman–Crippen MR) is 175 cm³/mol. The molecule has 2 aliphatic heterocycles. The van der Waals surface area contributed by atoms with Crippen molar-refractivity contribution >= 4 is 33.0 Å². The van der Waals surface area contributed by atoms with Gasteiger partial charge in [0.25, 0.3) is 15.9 Å². The van der Waals surface area contributed by atoms with Crippen molar-refractivity contribution in [2.45, 2.75) is 37.8 Å². The zero-order valence-corrected chi connectivity index (χ0v) is 26.6. The standard InChI is InChI=1S/C35H36F2N4O4S/c1-24(2)45-33-12-4-3-11-31(33)40-19-17-39(18-20-40)23-25-7-5-8-27(21-25)35(42)41-16-15-26-13-14-28(22-32(26)41)38-46(43,44)34-29(36)9-6-10-30(34)37/h3-14,21-22,24,38H,15-20,23H2,1-2H3. The second-order valence-electron chi connectivity index (χ2n) is 11.8. The third-order valence-corrected chi connectivity index (χ3v) is 9.62. The molecule has 1 amide bonds. The lowest BCUT2D eigenvalue weighted by atomic mass is 10.1. The van der Waals surface area contributed by atoms with Crippen LogP contribution in [0.15, 0.2) is 89.8 Å². The topological polar surface area (TPSA) is 82.2 Å². The van der Waals surface area contributed by atoms with Gasteiger partial charge in [0.1, 0.15) is 17.4 Å². The van der Waals surface area contributed by atoms with Crippen LogP contribution in [0.5, 0.6) is 5.75 Å². The summed E-state index contributed by atoms with van der Waals surface area (Å²) in [4.78, 5) is 19.0. The van der Waals surface area contributed by atoms with Crippen LogP contribution in [-0.2, 0) is 23.0 Å². The van der Waals surface area contributed by atoms with Crippen LogP contribution in [0.3, 0.4) is 0 Å². The highest BCUT2D eigenvalue weighted by Gasteiger charge is 2.29. The third-order valence-electron chi connectivity index (χ3n) is 8.19. The van der Waals surface area contributed by atoms with Crippen molar-refractivity contribution in [2.24, 2.45) is 0 Å². The van der Waals surface area contributed by atoms with Gasteiger partial charge in [-0.3, -0.25) is 14.4 Å². The third kappa shape index (κ3) is 6.70. The summed E-state index contributed by atoms with van der Waals surface area (Å²) in [5, 5.41) is 0. The van der Waals surface area contributed by atoms with E-state index in [0.717, 1.165) is 66.9 Å². The highest BCUT2D eigenvalue weighted by atomic mass is 32.2. The van der Waals surface area contributed by atoms with Gasteiger partial charge in [-0.15, -0.1) is 0 Å². The number of sulfonamides is 1. The number of benzene rings is 4. The Kier molecular flexibility index (Phi) is 8.97. The van der Waals surface area contributed by atoms with Crippen molar-refractivity contribution in [1.82, 2.24) is 4.90 Å². The van der Waals surface area contributed by atoms with Gasteiger partial charge in [0.2, 0.25) is 0 Å².